The molecule has 0 bridgehead atoms. The summed E-state index contributed by atoms with van der Waals surface area (Å²) in [4.78, 5) is 29.3. The van der Waals surface area contributed by atoms with E-state index in [0.717, 1.165) is 13.1 Å². The third-order valence-corrected chi connectivity index (χ3v) is 5.67. The molecular formula is C22H26ClN3O2. The molecular weight excluding hydrogens is 374 g/mol. The summed E-state index contributed by atoms with van der Waals surface area (Å²) >= 11 is 6.07. The molecule has 1 atom stereocenters. The fourth-order valence-corrected chi connectivity index (χ4v) is 3.72. The Labute approximate surface area is 171 Å². The van der Waals surface area contributed by atoms with Gasteiger partial charge in [0.1, 0.15) is 6.04 Å². The quantitative estimate of drug-likeness (QED) is 0.857. The highest BCUT2D eigenvalue weighted by Gasteiger charge is 2.27. The molecule has 2 amide bonds. The van der Waals surface area contributed by atoms with Crippen LogP contribution in [0, 0.1) is 13.8 Å². The van der Waals surface area contributed by atoms with Crippen molar-refractivity contribution in [2.24, 2.45) is 0 Å². The fourth-order valence-electron chi connectivity index (χ4n) is 3.50. The van der Waals surface area contributed by atoms with Crippen LogP contribution < -0.4 is 10.2 Å². The van der Waals surface area contributed by atoms with Crippen molar-refractivity contribution in [1.29, 1.82) is 0 Å². The van der Waals surface area contributed by atoms with E-state index in [4.69, 9.17) is 11.6 Å². The maximum absolute atomic E-state index is 12.8. The third-order valence-electron chi connectivity index (χ3n) is 5.34. The van der Waals surface area contributed by atoms with Crippen molar-refractivity contribution in [3.05, 3.63) is 64.2 Å². The predicted octanol–water partition coefficient (Wildman–Crippen LogP) is 3.42. The van der Waals surface area contributed by atoms with Crippen LogP contribution in [0.5, 0.6) is 0 Å². The fraction of sp³-hybridized carbons (Fsp3) is 0.364. The first-order valence-corrected chi connectivity index (χ1v) is 9.91. The van der Waals surface area contributed by atoms with Crippen LogP contribution in [0.25, 0.3) is 0 Å². The minimum absolute atomic E-state index is 0.0685. The first kappa shape index (κ1) is 20.2. The summed E-state index contributed by atoms with van der Waals surface area (Å²) < 4.78 is 0. The van der Waals surface area contributed by atoms with Crippen LogP contribution in [-0.2, 0) is 4.79 Å². The number of hydrogen-bond donors (Lipinski definition) is 1. The molecule has 6 heteroatoms. The van der Waals surface area contributed by atoms with Gasteiger partial charge in [-0.25, -0.2) is 0 Å². The van der Waals surface area contributed by atoms with Crippen LogP contribution >= 0.6 is 11.6 Å². The summed E-state index contributed by atoms with van der Waals surface area (Å²) in [7, 11) is 0. The number of anilines is 1. The third kappa shape index (κ3) is 4.30. The Morgan fingerprint density at radius 1 is 1.00 bits per heavy atom. The molecule has 28 heavy (non-hydrogen) atoms. The number of halogens is 1. The summed E-state index contributed by atoms with van der Waals surface area (Å²) in [6.07, 6.45) is 0. The van der Waals surface area contributed by atoms with E-state index in [2.05, 4.69) is 42.3 Å². The van der Waals surface area contributed by atoms with E-state index in [0.29, 0.717) is 23.7 Å². The summed E-state index contributed by atoms with van der Waals surface area (Å²) in [5, 5.41) is 3.14. The Hall–Kier alpha value is -2.53. The van der Waals surface area contributed by atoms with E-state index in [1.807, 2.05) is 4.90 Å². The van der Waals surface area contributed by atoms with Gasteiger partial charge < -0.3 is 15.1 Å². The average Bonchev–Trinajstić information content (AvgIpc) is 2.70. The van der Waals surface area contributed by atoms with Crippen molar-refractivity contribution in [2.75, 3.05) is 31.1 Å². The van der Waals surface area contributed by atoms with E-state index in [9.17, 15) is 9.59 Å². The summed E-state index contributed by atoms with van der Waals surface area (Å²) in [5.74, 6) is -0.401. The SMILES string of the molecule is Cc1cccc(N2CCN(C(=O)C(C)NC(=O)c3ccccc3Cl)CC2)c1C. The first-order valence-electron chi connectivity index (χ1n) is 9.54. The van der Waals surface area contributed by atoms with E-state index in [1.54, 1.807) is 31.2 Å². The van der Waals surface area contributed by atoms with Gasteiger partial charge in [-0.3, -0.25) is 9.59 Å². The molecule has 0 aromatic heterocycles. The highest BCUT2D eigenvalue weighted by Crippen LogP contribution is 2.24. The lowest BCUT2D eigenvalue weighted by Gasteiger charge is -2.38. The Morgan fingerprint density at radius 3 is 2.36 bits per heavy atom. The van der Waals surface area contributed by atoms with Gasteiger partial charge in [-0.2, -0.15) is 0 Å². The second-order valence-electron chi connectivity index (χ2n) is 7.21. The zero-order chi connectivity index (χ0) is 20.3. The van der Waals surface area contributed by atoms with Crippen molar-refractivity contribution in [3.63, 3.8) is 0 Å². The zero-order valence-corrected chi connectivity index (χ0v) is 17.3. The van der Waals surface area contributed by atoms with Crippen molar-refractivity contribution in [2.45, 2.75) is 26.8 Å². The number of amides is 2. The van der Waals surface area contributed by atoms with Gasteiger partial charge in [0, 0.05) is 31.9 Å². The lowest BCUT2D eigenvalue weighted by Crippen LogP contribution is -2.54. The molecule has 1 fully saturated rings. The lowest BCUT2D eigenvalue weighted by molar-refractivity contribution is -0.133. The van der Waals surface area contributed by atoms with E-state index in [-0.39, 0.29) is 11.8 Å². The normalized spacial score (nSPS) is 15.3. The molecule has 1 unspecified atom stereocenters. The number of nitrogens with one attached hydrogen (secondary N) is 1. The molecule has 1 aliphatic heterocycles. The molecule has 0 spiro atoms. The van der Waals surface area contributed by atoms with Gasteiger partial charge in [0.15, 0.2) is 0 Å². The van der Waals surface area contributed by atoms with Gasteiger partial charge in [-0.05, 0) is 50.1 Å². The van der Waals surface area contributed by atoms with Crippen molar-refractivity contribution < 1.29 is 9.59 Å². The number of rotatable bonds is 4. The van der Waals surface area contributed by atoms with E-state index >= 15 is 0 Å². The minimum atomic E-state index is -0.601. The number of carbonyl (C=O) groups excluding carboxylic acids is 2. The Morgan fingerprint density at radius 2 is 1.68 bits per heavy atom. The van der Waals surface area contributed by atoms with Crippen molar-refractivity contribution >= 4 is 29.1 Å². The monoisotopic (exact) mass is 399 g/mol. The zero-order valence-electron chi connectivity index (χ0n) is 16.5. The predicted molar refractivity (Wildman–Crippen MR) is 113 cm³/mol. The Balaban J connectivity index is 1.58. The summed E-state index contributed by atoms with van der Waals surface area (Å²) in [6, 6.07) is 12.5. The van der Waals surface area contributed by atoms with Gasteiger partial charge in [0.25, 0.3) is 5.91 Å². The molecule has 5 nitrogen and oxygen atoms in total. The minimum Gasteiger partial charge on any atom is -0.368 e. The van der Waals surface area contributed by atoms with Crippen LogP contribution in [-0.4, -0.2) is 48.9 Å². The molecule has 2 aromatic rings. The van der Waals surface area contributed by atoms with E-state index < -0.39 is 6.04 Å². The topological polar surface area (TPSA) is 52.6 Å². The number of benzene rings is 2. The highest BCUT2D eigenvalue weighted by atomic mass is 35.5. The molecule has 1 N–H and O–H groups in total. The first-order chi connectivity index (χ1) is 13.4. The molecule has 0 radical (unpaired) electrons. The maximum Gasteiger partial charge on any atom is 0.253 e. The van der Waals surface area contributed by atoms with E-state index in [1.165, 1.54) is 16.8 Å². The van der Waals surface area contributed by atoms with Gasteiger partial charge in [-0.15, -0.1) is 0 Å². The second kappa shape index (κ2) is 8.65. The van der Waals surface area contributed by atoms with Crippen LogP contribution in [0.3, 0.4) is 0 Å². The molecule has 148 valence electrons. The highest BCUT2D eigenvalue weighted by molar-refractivity contribution is 6.33. The number of piperazine rings is 1. The van der Waals surface area contributed by atoms with Crippen LogP contribution in [0.15, 0.2) is 42.5 Å². The largest absolute Gasteiger partial charge is 0.368 e. The van der Waals surface area contributed by atoms with Crippen molar-refractivity contribution in [1.82, 2.24) is 10.2 Å². The smallest absolute Gasteiger partial charge is 0.253 e. The molecule has 1 heterocycles. The Kier molecular flexibility index (Phi) is 6.25. The van der Waals surface area contributed by atoms with Crippen LogP contribution in [0.1, 0.15) is 28.4 Å². The van der Waals surface area contributed by atoms with Crippen molar-refractivity contribution in [3.8, 4) is 0 Å². The van der Waals surface area contributed by atoms with Crippen LogP contribution in [0.2, 0.25) is 5.02 Å². The molecule has 0 aliphatic carbocycles. The van der Waals surface area contributed by atoms with Gasteiger partial charge in [0.2, 0.25) is 5.91 Å². The second-order valence-corrected chi connectivity index (χ2v) is 7.61. The number of carbonyl (C=O) groups is 2. The molecule has 1 saturated heterocycles. The standard InChI is InChI=1S/C22H26ClN3O2/c1-15-7-6-10-20(16(15)2)25-11-13-26(14-12-25)22(28)17(3)24-21(27)18-8-4-5-9-19(18)23/h4-10,17H,11-14H2,1-3H3,(H,24,27). The number of aryl methyl sites for hydroxylation is 1. The molecule has 0 saturated carbocycles. The van der Waals surface area contributed by atoms with Gasteiger partial charge in [0.05, 0.1) is 10.6 Å². The molecule has 2 aromatic carbocycles. The summed E-state index contributed by atoms with van der Waals surface area (Å²) in [6.45, 7) is 8.80. The molecule has 1 aliphatic rings. The lowest BCUT2D eigenvalue weighted by atomic mass is 10.1. The summed E-state index contributed by atoms with van der Waals surface area (Å²) in [5.41, 5.74) is 4.16. The van der Waals surface area contributed by atoms with Gasteiger partial charge in [-0.1, -0.05) is 35.9 Å². The average molecular weight is 400 g/mol. The number of nitrogens with zero attached hydrogens (tertiary/aromatic N) is 2. The van der Waals surface area contributed by atoms with Gasteiger partial charge >= 0.3 is 0 Å². The molecule has 3 rings (SSSR count). The Bertz CT molecular complexity index is 876. The number of hydrogen-bond acceptors (Lipinski definition) is 3. The maximum atomic E-state index is 12.8. The van der Waals surface area contributed by atoms with Crippen LogP contribution in [0.4, 0.5) is 5.69 Å².